The molecule has 0 saturated carbocycles. The van der Waals surface area contributed by atoms with E-state index in [-0.39, 0.29) is 6.54 Å². The summed E-state index contributed by atoms with van der Waals surface area (Å²) in [5, 5.41) is 19.5. The monoisotopic (exact) mass is 239 g/mol. The fraction of sp³-hybridized carbons (Fsp3) is 0.417. The van der Waals surface area contributed by atoms with E-state index in [0.717, 1.165) is 0 Å². The molecule has 0 aliphatic carbocycles. The quantitative estimate of drug-likeness (QED) is 0.639. The van der Waals surface area contributed by atoms with Gasteiger partial charge >= 0.3 is 5.97 Å². The van der Waals surface area contributed by atoms with Crippen LogP contribution >= 0.6 is 0 Å². The summed E-state index contributed by atoms with van der Waals surface area (Å²) in [6.45, 7) is 0.287. The minimum absolute atomic E-state index is 0.287. The molecule has 1 aromatic rings. The van der Waals surface area contributed by atoms with Crippen LogP contribution in [0, 0.1) is 0 Å². The largest absolute Gasteiger partial charge is 0.465 e. The lowest BCUT2D eigenvalue weighted by Gasteiger charge is -2.17. The molecule has 2 unspecified atom stereocenters. The van der Waals surface area contributed by atoms with Crippen molar-refractivity contribution in [3.8, 4) is 0 Å². The standard InChI is InChI=1S/C12H17NO4/c1-17-12(16)9-4-2-3-8(7-9)11(15)10(14)5-6-13/h2-4,7,10-11,14-15H,5-6,13H2,1H3. The van der Waals surface area contributed by atoms with E-state index in [4.69, 9.17) is 5.73 Å². The molecule has 1 aromatic carbocycles. The van der Waals surface area contributed by atoms with Crippen LogP contribution in [0.2, 0.25) is 0 Å². The number of hydrogen-bond donors (Lipinski definition) is 3. The number of rotatable bonds is 5. The van der Waals surface area contributed by atoms with Crippen molar-refractivity contribution in [2.75, 3.05) is 13.7 Å². The summed E-state index contributed by atoms with van der Waals surface area (Å²) >= 11 is 0. The predicted molar refractivity (Wildman–Crippen MR) is 62.4 cm³/mol. The number of hydrogen-bond acceptors (Lipinski definition) is 5. The first kappa shape index (κ1) is 13.6. The second kappa shape index (κ2) is 6.34. The number of carbonyl (C=O) groups is 1. The van der Waals surface area contributed by atoms with Gasteiger partial charge in [0.15, 0.2) is 0 Å². The van der Waals surface area contributed by atoms with Crippen LogP contribution in [0.4, 0.5) is 0 Å². The molecule has 94 valence electrons. The molecular weight excluding hydrogens is 222 g/mol. The van der Waals surface area contributed by atoms with Crippen LogP contribution in [0.1, 0.15) is 28.4 Å². The molecule has 0 heterocycles. The summed E-state index contributed by atoms with van der Waals surface area (Å²) in [7, 11) is 1.29. The molecule has 1 rings (SSSR count). The first-order valence-electron chi connectivity index (χ1n) is 5.34. The maximum Gasteiger partial charge on any atom is 0.337 e. The number of aliphatic hydroxyl groups excluding tert-OH is 2. The Kier molecular flexibility index (Phi) is 5.09. The predicted octanol–water partition coefficient (Wildman–Crippen LogP) is 0.216. The highest BCUT2D eigenvalue weighted by atomic mass is 16.5. The Balaban J connectivity index is 2.87. The molecule has 17 heavy (non-hydrogen) atoms. The number of carbonyl (C=O) groups excluding carboxylic acids is 1. The van der Waals surface area contributed by atoms with Crippen LogP contribution in [-0.4, -0.2) is 35.9 Å². The van der Waals surface area contributed by atoms with Gasteiger partial charge in [-0.05, 0) is 30.7 Å². The van der Waals surface area contributed by atoms with Crippen molar-refractivity contribution < 1.29 is 19.7 Å². The fourth-order valence-electron chi connectivity index (χ4n) is 1.52. The highest BCUT2D eigenvalue weighted by molar-refractivity contribution is 5.89. The average Bonchev–Trinajstić information content (AvgIpc) is 2.37. The van der Waals surface area contributed by atoms with E-state index < -0.39 is 18.2 Å². The van der Waals surface area contributed by atoms with E-state index in [1.807, 2.05) is 0 Å². The molecule has 2 atom stereocenters. The molecule has 0 aliphatic rings. The van der Waals surface area contributed by atoms with Crippen LogP contribution in [0.3, 0.4) is 0 Å². The Morgan fingerprint density at radius 2 is 2.18 bits per heavy atom. The SMILES string of the molecule is COC(=O)c1cccc(C(O)C(O)CCN)c1. The first-order valence-corrected chi connectivity index (χ1v) is 5.34. The molecule has 0 aliphatic heterocycles. The number of benzene rings is 1. The van der Waals surface area contributed by atoms with Crippen LogP contribution in [0.25, 0.3) is 0 Å². The van der Waals surface area contributed by atoms with Crippen LogP contribution < -0.4 is 5.73 Å². The van der Waals surface area contributed by atoms with Crippen molar-refractivity contribution in [1.82, 2.24) is 0 Å². The van der Waals surface area contributed by atoms with Crippen molar-refractivity contribution in [1.29, 1.82) is 0 Å². The van der Waals surface area contributed by atoms with Gasteiger partial charge in [0.1, 0.15) is 6.10 Å². The smallest absolute Gasteiger partial charge is 0.337 e. The van der Waals surface area contributed by atoms with Crippen molar-refractivity contribution in [3.05, 3.63) is 35.4 Å². The molecule has 0 aromatic heterocycles. The van der Waals surface area contributed by atoms with E-state index in [9.17, 15) is 15.0 Å². The molecule has 4 N–H and O–H groups in total. The van der Waals surface area contributed by atoms with Gasteiger partial charge < -0.3 is 20.7 Å². The van der Waals surface area contributed by atoms with Gasteiger partial charge in [0, 0.05) is 0 Å². The third-order valence-corrected chi connectivity index (χ3v) is 2.48. The third kappa shape index (κ3) is 3.52. The number of nitrogens with two attached hydrogens (primary N) is 1. The molecule has 0 saturated heterocycles. The van der Waals surface area contributed by atoms with E-state index in [1.54, 1.807) is 18.2 Å². The zero-order valence-corrected chi connectivity index (χ0v) is 9.67. The first-order chi connectivity index (χ1) is 8.10. The number of ether oxygens (including phenoxy) is 1. The zero-order valence-electron chi connectivity index (χ0n) is 9.67. The van der Waals surface area contributed by atoms with Crippen molar-refractivity contribution in [2.24, 2.45) is 5.73 Å². The van der Waals surface area contributed by atoms with E-state index in [2.05, 4.69) is 4.74 Å². The van der Waals surface area contributed by atoms with Gasteiger partial charge in [-0.15, -0.1) is 0 Å². The molecule has 5 heteroatoms. The van der Waals surface area contributed by atoms with Crippen LogP contribution in [0.15, 0.2) is 24.3 Å². The minimum atomic E-state index is -1.05. The van der Waals surface area contributed by atoms with Crippen molar-refractivity contribution >= 4 is 5.97 Å². The lowest BCUT2D eigenvalue weighted by Crippen LogP contribution is -2.22. The lowest BCUT2D eigenvalue weighted by atomic mass is 10.0. The number of aliphatic hydroxyl groups is 2. The lowest BCUT2D eigenvalue weighted by molar-refractivity contribution is 0.0149. The number of methoxy groups -OCH3 is 1. The van der Waals surface area contributed by atoms with Gasteiger partial charge in [0.25, 0.3) is 0 Å². The molecule has 0 bridgehead atoms. The Labute approximate surface area is 99.8 Å². The van der Waals surface area contributed by atoms with E-state index in [1.165, 1.54) is 13.2 Å². The Morgan fingerprint density at radius 1 is 1.47 bits per heavy atom. The zero-order chi connectivity index (χ0) is 12.8. The second-order valence-corrected chi connectivity index (χ2v) is 3.71. The maximum absolute atomic E-state index is 11.3. The molecule has 0 spiro atoms. The summed E-state index contributed by atoms with van der Waals surface area (Å²) in [5.74, 6) is -0.479. The molecular formula is C12H17NO4. The molecule has 0 radical (unpaired) electrons. The highest BCUT2D eigenvalue weighted by Crippen LogP contribution is 2.20. The summed E-state index contributed by atoms with van der Waals surface area (Å²) in [6.07, 6.45) is -1.69. The summed E-state index contributed by atoms with van der Waals surface area (Å²) in [5.41, 5.74) is 6.10. The third-order valence-electron chi connectivity index (χ3n) is 2.48. The van der Waals surface area contributed by atoms with E-state index >= 15 is 0 Å². The molecule has 0 amide bonds. The van der Waals surface area contributed by atoms with Crippen LogP contribution in [0.5, 0.6) is 0 Å². The van der Waals surface area contributed by atoms with Gasteiger partial charge in [-0.25, -0.2) is 4.79 Å². The van der Waals surface area contributed by atoms with Gasteiger partial charge in [0.2, 0.25) is 0 Å². The van der Waals surface area contributed by atoms with Crippen LogP contribution in [-0.2, 0) is 4.74 Å². The van der Waals surface area contributed by atoms with Gasteiger partial charge in [-0.2, -0.15) is 0 Å². The van der Waals surface area contributed by atoms with Gasteiger partial charge in [-0.1, -0.05) is 12.1 Å². The maximum atomic E-state index is 11.3. The minimum Gasteiger partial charge on any atom is -0.465 e. The van der Waals surface area contributed by atoms with Gasteiger partial charge in [-0.3, -0.25) is 0 Å². The van der Waals surface area contributed by atoms with Crippen molar-refractivity contribution in [3.63, 3.8) is 0 Å². The summed E-state index contributed by atoms with van der Waals surface area (Å²) in [6, 6.07) is 6.34. The topological polar surface area (TPSA) is 92.8 Å². The molecule has 0 fully saturated rings. The Hall–Kier alpha value is -1.43. The second-order valence-electron chi connectivity index (χ2n) is 3.71. The number of esters is 1. The Bertz CT molecular complexity index is 381. The highest BCUT2D eigenvalue weighted by Gasteiger charge is 2.18. The van der Waals surface area contributed by atoms with E-state index in [0.29, 0.717) is 17.5 Å². The normalized spacial score (nSPS) is 14.1. The van der Waals surface area contributed by atoms with Crippen molar-refractivity contribution in [2.45, 2.75) is 18.6 Å². The van der Waals surface area contributed by atoms with Gasteiger partial charge in [0.05, 0.1) is 18.8 Å². The summed E-state index contributed by atoms with van der Waals surface area (Å²) < 4.78 is 4.58. The Morgan fingerprint density at radius 3 is 2.76 bits per heavy atom. The molecule has 5 nitrogen and oxygen atoms in total. The summed E-state index contributed by atoms with van der Waals surface area (Å²) in [4.78, 5) is 11.3. The fourth-order valence-corrected chi connectivity index (χ4v) is 1.52. The average molecular weight is 239 g/mol.